The molecule has 0 aliphatic rings. The summed E-state index contributed by atoms with van der Waals surface area (Å²) >= 11 is 3.64. The first-order chi connectivity index (χ1) is 8.99. The molecule has 0 radical (unpaired) electrons. The monoisotopic (exact) mass is 325 g/mol. The van der Waals surface area contributed by atoms with Gasteiger partial charge in [-0.05, 0) is 36.2 Å². The molecule has 19 heavy (non-hydrogen) atoms. The molecule has 0 saturated heterocycles. The van der Waals surface area contributed by atoms with Gasteiger partial charge in [0.1, 0.15) is 0 Å². The maximum Gasteiger partial charge on any atom is 0.0842 e. The molecule has 104 valence electrons. The third kappa shape index (κ3) is 2.47. The Bertz CT molecular complexity index is 597. The van der Waals surface area contributed by atoms with Gasteiger partial charge >= 0.3 is 0 Å². The Morgan fingerprint density at radius 3 is 2.42 bits per heavy atom. The van der Waals surface area contributed by atoms with Gasteiger partial charge in [0.2, 0.25) is 0 Å². The molecule has 2 N–H and O–H groups in total. The molecule has 2 aromatic rings. The van der Waals surface area contributed by atoms with Gasteiger partial charge in [0.25, 0.3) is 0 Å². The highest BCUT2D eigenvalue weighted by Crippen LogP contribution is 2.23. The zero-order chi connectivity index (χ0) is 14.2. The van der Waals surface area contributed by atoms with Crippen LogP contribution in [0.2, 0.25) is 0 Å². The van der Waals surface area contributed by atoms with E-state index in [1.165, 1.54) is 0 Å². The van der Waals surface area contributed by atoms with Gasteiger partial charge in [-0.3, -0.25) is 9.36 Å². The van der Waals surface area contributed by atoms with Crippen molar-refractivity contribution in [3.8, 4) is 0 Å². The minimum Gasteiger partial charge on any atom is -0.326 e. The van der Waals surface area contributed by atoms with Crippen LogP contribution in [0.4, 0.5) is 0 Å². The van der Waals surface area contributed by atoms with Gasteiger partial charge in [-0.25, -0.2) is 0 Å². The molecule has 0 atom stereocenters. The minimum atomic E-state index is 0.532. The van der Waals surface area contributed by atoms with Gasteiger partial charge < -0.3 is 5.73 Å². The molecule has 0 bridgehead atoms. The molecule has 2 rings (SSSR count). The molecule has 0 saturated carbocycles. The fraction of sp³-hybridized carbons (Fsp3) is 0.538. The molecule has 0 amide bonds. The van der Waals surface area contributed by atoms with Crippen LogP contribution in [0.1, 0.15) is 35.3 Å². The zero-order valence-electron chi connectivity index (χ0n) is 11.9. The van der Waals surface area contributed by atoms with Gasteiger partial charge in [-0.1, -0.05) is 6.92 Å². The zero-order valence-corrected chi connectivity index (χ0v) is 13.5. The molecule has 0 aliphatic heterocycles. The Morgan fingerprint density at radius 2 is 1.95 bits per heavy atom. The van der Waals surface area contributed by atoms with E-state index >= 15 is 0 Å². The topological polar surface area (TPSA) is 61.7 Å². The van der Waals surface area contributed by atoms with Crippen LogP contribution in [0, 0.1) is 13.8 Å². The number of aryl methyl sites for hydroxylation is 3. The van der Waals surface area contributed by atoms with Crippen molar-refractivity contribution in [1.29, 1.82) is 0 Å². The van der Waals surface area contributed by atoms with E-state index in [0.717, 1.165) is 39.2 Å². The second-order valence-electron chi connectivity index (χ2n) is 4.70. The van der Waals surface area contributed by atoms with E-state index in [9.17, 15) is 0 Å². The van der Waals surface area contributed by atoms with Crippen LogP contribution in [0.25, 0.3) is 0 Å². The Hall–Kier alpha value is -1.14. The summed E-state index contributed by atoms with van der Waals surface area (Å²) in [5.74, 6) is 0. The quantitative estimate of drug-likeness (QED) is 0.935. The van der Waals surface area contributed by atoms with Crippen molar-refractivity contribution in [3.05, 3.63) is 32.8 Å². The average molecular weight is 326 g/mol. The van der Waals surface area contributed by atoms with Crippen molar-refractivity contribution in [1.82, 2.24) is 19.6 Å². The number of nitrogens with two attached hydrogens (primary N) is 1. The largest absolute Gasteiger partial charge is 0.326 e. The highest BCUT2D eigenvalue weighted by atomic mass is 79.9. The normalized spacial score (nSPS) is 11.3. The summed E-state index contributed by atoms with van der Waals surface area (Å²) in [6.07, 6.45) is 0.916. The lowest BCUT2D eigenvalue weighted by atomic mass is 10.2. The summed E-state index contributed by atoms with van der Waals surface area (Å²) in [5, 5.41) is 9.08. The van der Waals surface area contributed by atoms with Crippen molar-refractivity contribution in [2.45, 2.75) is 40.3 Å². The second-order valence-corrected chi connectivity index (χ2v) is 5.49. The highest BCUT2D eigenvalue weighted by molar-refractivity contribution is 9.10. The Balaban J connectivity index is 2.39. The summed E-state index contributed by atoms with van der Waals surface area (Å²) in [5.41, 5.74) is 11.2. The minimum absolute atomic E-state index is 0.532. The number of aromatic nitrogens is 4. The molecule has 0 spiro atoms. The predicted octanol–water partition coefficient (Wildman–Crippen LogP) is 2.07. The number of nitrogens with zero attached hydrogens (tertiary/aromatic N) is 4. The Kier molecular flexibility index (Phi) is 4.10. The lowest BCUT2D eigenvalue weighted by Crippen LogP contribution is -2.09. The lowest BCUT2D eigenvalue weighted by Gasteiger charge is -2.06. The van der Waals surface area contributed by atoms with Crippen molar-refractivity contribution in [3.63, 3.8) is 0 Å². The summed E-state index contributed by atoms with van der Waals surface area (Å²) in [7, 11) is 1.97. The van der Waals surface area contributed by atoms with Gasteiger partial charge in [0.05, 0.1) is 28.1 Å². The molecule has 2 heterocycles. The fourth-order valence-corrected chi connectivity index (χ4v) is 3.06. The van der Waals surface area contributed by atoms with Gasteiger partial charge in [-0.2, -0.15) is 10.2 Å². The van der Waals surface area contributed by atoms with Crippen LogP contribution in [0.3, 0.4) is 0 Å². The van der Waals surface area contributed by atoms with E-state index in [0.29, 0.717) is 13.1 Å². The lowest BCUT2D eigenvalue weighted by molar-refractivity contribution is 0.601. The number of hydrogen-bond donors (Lipinski definition) is 1. The second kappa shape index (κ2) is 5.46. The van der Waals surface area contributed by atoms with Gasteiger partial charge in [-0.15, -0.1) is 0 Å². The summed E-state index contributed by atoms with van der Waals surface area (Å²) in [6, 6.07) is 0. The van der Waals surface area contributed by atoms with E-state index < -0.39 is 0 Å². The maximum absolute atomic E-state index is 5.76. The molecule has 0 aliphatic carbocycles. The molecule has 5 nitrogen and oxygen atoms in total. The van der Waals surface area contributed by atoms with Crippen LogP contribution in [0.15, 0.2) is 4.47 Å². The molecular weight excluding hydrogens is 306 g/mol. The van der Waals surface area contributed by atoms with Crippen molar-refractivity contribution < 1.29 is 0 Å². The Labute approximate surface area is 121 Å². The third-order valence-corrected chi connectivity index (χ3v) is 4.45. The van der Waals surface area contributed by atoms with E-state index in [1.54, 1.807) is 0 Å². The van der Waals surface area contributed by atoms with Gasteiger partial charge in [0, 0.05) is 24.8 Å². The predicted molar refractivity (Wildman–Crippen MR) is 79.0 cm³/mol. The maximum atomic E-state index is 5.76. The first-order valence-electron chi connectivity index (χ1n) is 6.42. The first kappa shape index (κ1) is 14.3. The molecule has 6 heteroatoms. The molecular formula is C13H20BrN5. The SMILES string of the molecule is CCc1nn(C)c(Cn2nc(C)c(CN)c2C)c1Br. The summed E-state index contributed by atoms with van der Waals surface area (Å²) < 4.78 is 5.00. The first-order valence-corrected chi connectivity index (χ1v) is 7.22. The van der Waals surface area contributed by atoms with E-state index in [1.807, 2.05) is 23.3 Å². The smallest absolute Gasteiger partial charge is 0.0842 e. The van der Waals surface area contributed by atoms with Crippen molar-refractivity contribution >= 4 is 15.9 Å². The molecule has 0 fully saturated rings. The van der Waals surface area contributed by atoms with Crippen LogP contribution < -0.4 is 5.73 Å². The van der Waals surface area contributed by atoms with Crippen molar-refractivity contribution in [2.75, 3.05) is 0 Å². The summed E-state index contributed by atoms with van der Waals surface area (Å²) in [6.45, 7) is 7.41. The van der Waals surface area contributed by atoms with E-state index in [2.05, 4.69) is 40.0 Å². The van der Waals surface area contributed by atoms with Crippen LogP contribution >= 0.6 is 15.9 Å². The fourth-order valence-electron chi connectivity index (χ4n) is 2.32. The Morgan fingerprint density at radius 1 is 1.26 bits per heavy atom. The molecule has 0 unspecified atom stereocenters. The van der Waals surface area contributed by atoms with Crippen molar-refractivity contribution in [2.24, 2.45) is 12.8 Å². The van der Waals surface area contributed by atoms with E-state index in [-0.39, 0.29) is 0 Å². The highest BCUT2D eigenvalue weighted by Gasteiger charge is 2.16. The number of halogens is 1. The van der Waals surface area contributed by atoms with Crippen LogP contribution in [-0.4, -0.2) is 19.6 Å². The molecule has 2 aromatic heterocycles. The van der Waals surface area contributed by atoms with E-state index in [4.69, 9.17) is 5.73 Å². The number of hydrogen-bond acceptors (Lipinski definition) is 3. The number of rotatable bonds is 4. The molecule has 0 aromatic carbocycles. The van der Waals surface area contributed by atoms with Gasteiger partial charge in [0.15, 0.2) is 0 Å². The standard InChI is InChI=1S/C13H20BrN5/c1-5-11-13(14)12(18(4)17-11)7-19-9(3)10(6-15)8(2)16-19/h5-7,15H2,1-4H3. The van der Waals surface area contributed by atoms with Crippen LogP contribution in [0.5, 0.6) is 0 Å². The third-order valence-electron chi connectivity index (χ3n) is 3.54. The van der Waals surface area contributed by atoms with Crippen LogP contribution in [-0.2, 0) is 26.6 Å². The summed E-state index contributed by atoms with van der Waals surface area (Å²) in [4.78, 5) is 0. The average Bonchev–Trinajstić information content (AvgIpc) is 2.80.